The molecule has 0 radical (unpaired) electrons. The number of rotatable bonds is 5. The van der Waals surface area contributed by atoms with Gasteiger partial charge in [-0.1, -0.05) is 5.16 Å². The molecule has 0 saturated heterocycles. The molecule has 0 atom stereocenters. The molecule has 0 saturated carbocycles. The van der Waals surface area contributed by atoms with Gasteiger partial charge >= 0.3 is 0 Å². The first-order chi connectivity index (χ1) is 9.72. The molecular weight excluding hydrogens is 254 g/mol. The van der Waals surface area contributed by atoms with Crippen LogP contribution in [0.3, 0.4) is 0 Å². The number of hydrogen-bond donors (Lipinski definition) is 2. The second-order valence-electron chi connectivity index (χ2n) is 4.38. The van der Waals surface area contributed by atoms with Crippen LogP contribution in [0.25, 0.3) is 0 Å². The molecule has 6 heteroatoms. The van der Waals surface area contributed by atoms with Gasteiger partial charge in [0.2, 0.25) is 0 Å². The zero-order valence-corrected chi connectivity index (χ0v) is 11.3. The zero-order chi connectivity index (χ0) is 14.4. The molecule has 0 spiro atoms. The van der Waals surface area contributed by atoms with Gasteiger partial charge in [-0.2, -0.15) is 0 Å². The van der Waals surface area contributed by atoms with E-state index in [1.165, 1.54) is 5.56 Å². The first-order valence-corrected chi connectivity index (χ1v) is 6.25. The summed E-state index contributed by atoms with van der Waals surface area (Å²) in [5, 5.41) is 11.8. The summed E-state index contributed by atoms with van der Waals surface area (Å²) < 4.78 is 0. The van der Waals surface area contributed by atoms with Crippen molar-refractivity contribution < 1.29 is 5.21 Å². The highest BCUT2D eigenvalue weighted by Crippen LogP contribution is 2.17. The summed E-state index contributed by atoms with van der Waals surface area (Å²) in [7, 11) is 1.95. The lowest BCUT2D eigenvalue weighted by Gasteiger charge is -2.21. The van der Waals surface area contributed by atoms with E-state index < -0.39 is 0 Å². The van der Waals surface area contributed by atoms with E-state index in [1.54, 1.807) is 18.6 Å². The Morgan fingerprint density at radius 2 is 2.05 bits per heavy atom. The Bertz CT molecular complexity index is 585. The van der Waals surface area contributed by atoms with Crippen LogP contribution in [0.4, 0.5) is 5.69 Å². The standard InChI is InChI=1S/C14H17N5O/c1-19(10-6-11-4-8-16-9-5-11)12-3-2-7-17-13(12)14(15)18-20/h2-5,7-9,20H,6,10H2,1H3,(H2,15,18). The quantitative estimate of drug-likeness (QED) is 0.370. The largest absolute Gasteiger partial charge is 0.409 e. The van der Waals surface area contributed by atoms with Crippen LogP contribution in [0.5, 0.6) is 0 Å². The van der Waals surface area contributed by atoms with Crippen LogP contribution in [0, 0.1) is 0 Å². The van der Waals surface area contributed by atoms with Crippen molar-refractivity contribution in [3.63, 3.8) is 0 Å². The van der Waals surface area contributed by atoms with E-state index in [0.717, 1.165) is 18.7 Å². The molecule has 0 aromatic carbocycles. The first-order valence-electron chi connectivity index (χ1n) is 6.25. The minimum Gasteiger partial charge on any atom is -0.409 e. The summed E-state index contributed by atoms with van der Waals surface area (Å²) >= 11 is 0. The fourth-order valence-corrected chi connectivity index (χ4v) is 1.92. The maximum absolute atomic E-state index is 8.80. The Labute approximate surface area is 117 Å². The zero-order valence-electron chi connectivity index (χ0n) is 11.3. The normalized spacial score (nSPS) is 11.3. The molecule has 2 aromatic heterocycles. The van der Waals surface area contributed by atoms with Crippen LogP contribution in [-0.4, -0.2) is 34.6 Å². The van der Waals surface area contributed by atoms with Gasteiger partial charge in [0.05, 0.1) is 5.69 Å². The van der Waals surface area contributed by atoms with Crippen molar-refractivity contribution in [1.29, 1.82) is 0 Å². The molecule has 0 unspecified atom stereocenters. The lowest BCUT2D eigenvalue weighted by atomic mass is 10.2. The Morgan fingerprint density at radius 1 is 1.30 bits per heavy atom. The number of hydrogen-bond acceptors (Lipinski definition) is 5. The molecule has 2 rings (SSSR count). The fraction of sp³-hybridized carbons (Fsp3) is 0.214. The number of pyridine rings is 2. The van der Waals surface area contributed by atoms with Crippen LogP contribution in [0.1, 0.15) is 11.3 Å². The van der Waals surface area contributed by atoms with Crippen LogP contribution in [0.2, 0.25) is 0 Å². The minimum absolute atomic E-state index is 0.0105. The molecule has 0 aliphatic carbocycles. The van der Waals surface area contributed by atoms with Crippen molar-refractivity contribution in [3.05, 3.63) is 54.1 Å². The number of aromatic nitrogens is 2. The molecule has 2 aromatic rings. The number of nitrogens with two attached hydrogens (primary N) is 1. The van der Waals surface area contributed by atoms with Crippen molar-refractivity contribution in [3.8, 4) is 0 Å². The Hall–Kier alpha value is -2.63. The molecule has 0 amide bonds. The van der Waals surface area contributed by atoms with Crippen molar-refractivity contribution in [2.24, 2.45) is 10.9 Å². The van der Waals surface area contributed by atoms with Gasteiger partial charge in [-0.3, -0.25) is 9.97 Å². The van der Waals surface area contributed by atoms with E-state index in [4.69, 9.17) is 10.9 Å². The van der Waals surface area contributed by atoms with Crippen LogP contribution >= 0.6 is 0 Å². The van der Waals surface area contributed by atoms with Gasteiger partial charge < -0.3 is 15.8 Å². The predicted octanol–water partition coefficient (Wildman–Crippen LogP) is 1.25. The Balaban J connectivity index is 2.11. The molecule has 3 N–H and O–H groups in total. The van der Waals surface area contributed by atoms with Gasteiger partial charge in [-0.25, -0.2) is 0 Å². The third kappa shape index (κ3) is 3.23. The van der Waals surface area contributed by atoms with Crippen LogP contribution in [-0.2, 0) is 6.42 Å². The molecule has 0 bridgehead atoms. The third-order valence-corrected chi connectivity index (χ3v) is 3.03. The van der Waals surface area contributed by atoms with E-state index in [9.17, 15) is 0 Å². The summed E-state index contributed by atoms with van der Waals surface area (Å²) in [4.78, 5) is 10.2. The van der Waals surface area contributed by atoms with Gasteiger partial charge in [-0.15, -0.1) is 0 Å². The molecule has 104 valence electrons. The SMILES string of the molecule is CN(CCc1ccncc1)c1cccnc1/C(N)=N/O. The van der Waals surface area contributed by atoms with Crippen molar-refractivity contribution >= 4 is 11.5 Å². The number of anilines is 1. The smallest absolute Gasteiger partial charge is 0.190 e. The van der Waals surface area contributed by atoms with E-state index in [0.29, 0.717) is 5.69 Å². The summed E-state index contributed by atoms with van der Waals surface area (Å²) in [6.45, 7) is 0.793. The van der Waals surface area contributed by atoms with Gasteiger partial charge in [0.1, 0.15) is 5.69 Å². The molecule has 0 fully saturated rings. The second-order valence-corrected chi connectivity index (χ2v) is 4.38. The maximum Gasteiger partial charge on any atom is 0.190 e. The molecule has 20 heavy (non-hydrogen) atoms. The van der Waals surface area contributed by atoms with Gasteiger partial charge in [0.25, 0.3) is 0 Å². The average Bonchev–Trinajstić information content (AvgIpc) is 2.52. The molecule has 0 aliphatic heterocycles. The monoisotopic (exact) mass is 271 g/mol. The second kappa shape index (κ2) is 6.51. The van der Waals surface area contributed by atoms with Crippen molar-refractivity contribution in [2.75, 3.05) is 18.5 Å². The summed E-state index contributed by atoms with van der Waals surface area (Å²) in [6.07, 6.45) is 6.06. The topological polar surface area (TPSA) is 87.6 Å². The summed E-state index contributed by atoms with van der Waals surface area (Å²) in [5.74, 6) is 0.0105. The summed E-state index contributed by atoms with van der Waals surface area (Å²) in [5.41, 5.74) is 8.16. The van der Waals surface area contributed by atoms with E-state index in [2.05, 4.69) is 15.1 Å². The van der Waals surface area contributed by atoms with E-state index in [1.807, 2.05) is 36.2 Å². The van der Waals surface area contributed by atoms with E-state index in [-0.39, 0.29) is 5.84 Å². The Morgan fingerprint density at radius 3 is 2.75 bits per heavy atom. The lowest BCUT2D eigenvalue weighted by Crippen LogP contribution is -2.25. The molecule has 2 heterocycles. The summed E-state index contributed by atoms with van der Waals surface area (Å²) in [6, 6.07) is 7.70. The van der Waals surface area contributed by atoms with Crippen molar-refractivity contribution in [2.45, 2.75) is 6.42 Å². The molecule has 6 nitrogen and oxygen atoms in total. The fourth-order valence-electron chi connectivity index (χ4n) is 1.92. The number of oxime groups is 1. The van der Waals surface area contributed by atoms with Gasteiger partial charge in [-0.05, 0) is 36.2 Å². The predicted molar refractivity (Wildman–Crippen MR) is 78.0 cm³/mol. The highest BCUT2D eigenvalue weighted by molar-refractivity contribution is 6.00. The average molecular weight is 271 g/mol. The number of nitrogens with zero attached hydrogens (tertiary/aromatic N) is 4. The first kappa shape index (κ1) is 13.8. The third-order valence-electron chi connectivity index (χ3n) is 3.03. The number of amidine groups is 1. The van der Waals surface area contributed by atoms with Gasteiger partial charge in [0, 0.05) is 32.2 Å². The van der Waals surface area contributed by atoms with Crippen LogP contribution in [0.15, 0.2) is 48.0 Å². The maximum atomic E-state index is 8.80. The molecular formula is C14H17N5O. The number of likely N-dealkylation sites (N-methyl/N-ethyl adjacent to an activating group) is 1. The Kier molecular flexibility index (Phi) is 4.49. The van der Waals surface area contributed by atoms with Gasteiger partial charge in [0.15, 0.2) is 5.84 Å². The van der Waals surface area contributed by atoms with E-state index >= 15 is 0 Å². The highest BCUT2D eigenvalue weighted by Gasteiger charge is 2.11. The minimum atomic E-state index is 0.0105. The van der Waals surface area contributed by atoms with Crippen LogP contribution < -0.4 is 10.6 Å². The lowest BCUT2D eigenvalue weighted by molar-refractivity contribution is 0.318. The highest BCUT2D eigenvalue weighted by atomic mass is 16.4. The molecule has 0 aliphatic rings. The van der Waals surface area contributed by atoms with Crippen molar-refractivity contribution in [1.82, 2.24) is 9.97 Å².